The van der Waals surface area contributed by atoms with Crippen molar-refractivity contribution in [1.29, 1.82) is 0 Å². The predicted octanol–water partition coefficient (Wildman–Crippen LogP) is 4.69. The summed E-state index contributed by atoms with van der Waals surface area (Å²) < 4.78 is 8.42. The van der Waals surface area contributed by atoms with Crippen LogP contribution in [0.5, 0.6) is 5.88 Å². The van der Waals surface area contributed by atoms with Crippen molar-refractivity contribution in [3.8, 4) is 11.6 Å². The van der Waals surface area contributed by atoms with Crippen LogP contribution in [0.25, 0.3) is 16.6 Å². The third-order valence-corrected chi connectivity index (χ3v) is 8.98. The van der Waals surface area contributed by atoms with Gasteiger partial charge in [-0.3, -0.25) is 4.79 Å². The number of benzene rings is 1. The van der Waals surface area contributed by atoms with E-state index in [1.807, 2.05) is 18.2 Å². The number of nitrogens with zero attached hydrogens (tertiary/aromatic N) is 6. The van der Waals surface area contributed by atoms with Gasteiger partial charge >= 0.3 is 5.97 Å². The minimum absolute atomic E-state index is 0.0544. The molecular weight excluding hydrogens is 624 g/mol. The molecule has 6 rings (SSSR count). The highest BCUT2D eigenvalue weighted by molar-refractivity contribution is 9.10. The summed E-state index contributed by atoms with van der Waals surface area (Å²) in [7, 11) is 4.14. The van der Waals surface area contributed by atoms with Gasteiger partial charge in [-0.05, 0) is 79.3 Å². The van der Waals surface area contributed by atoms with E-state index in [1.54, 1.807) is 35.2 Å². The zero-order chi connectivity index (χ0) is 29.5. The summed E-state index contributed by atoms with van der Waals surface area (Å²) in [4.78, 5) is 40.9. The summed E-state index contributed by atoms with van der Waals surface area (Å²) in [5, 5.41) is 10.6. The van der Waals surface area contributed by atoms with Gasteiger partial charge in [0.2, 0.25) is 11.3 Å². The summed E-state index contributed by atoms with van der Waals surface area (Å²) in [6, 6.07) is 11.5. The fourth-order valence-corrected chi connectivity index (χ4v) is 6.32. The number of aromatic nitrogens is 3. The lowest BCUT2D eigenvalue weighted by atomic mass is 10.1. The maximum absolute atomic E-state index is 13.3. The van der Waals surface area contributed by atoms with Crippen molar-refractivity contribution in [1.82, 2.24) is 19.4 Å². The van der Waals surface area contributed by atoms with Crippen molar-refractivity contribution in [2.45, 2.75) is 24.9 Å². The highest BCUT2D eigenvalue weighted by atomic mass is 79.9. The molecule has 2 saturated heterocycles. The number of aromatic carboxylic acids is 1. The van der Waals surface area contributed by atoms with Crippen molar-refractivity contribution in [3.63, 3.8) is 0 Å². The fourth-order valence-electron chi connectivity index (χ4n) is 5.58. The molecular formula is C30H30BrClN6O4. The van der Waals surface area contributed by atoms with E-state index in [-0.39, 0.29) is 11.6 Å². The molecule has 0 radical (unpaired) electrons. The first-order valence-electron chi connectivity index (χ1n) is 13.7. The molecule has 5 heterocycles. The molecule has 0 spiro atoms. The molecule has 1 atom stereocenters. The Bertz CT molecular complexity index is 1710. The van der Waals surface area contributed by atoms with Crippen molar-refractivity contribution in [3.05, 3.63) is 80.3 Å². The Morgan fingerprint density at radius 3 is 2.71 bits per heavy atom. The molecule has 3 aromatic heterocycles. The first kappa shape index (κ1) is 28.4. The van der Waals surface area contributed by atoms with E-state index in [4.69, 9.17) is 16.3 Å². The number of rotatable bonds is 8. The van der Waals surface area contributed by atoms with Crippen LogP contribution in [-0.4, -0.2) is 82.9 Å². The molecule has 42 heavy (non-hydrogen) atoms. The van der Waals surface area contributed by atoms with Gasteiger partial charge in [0.15, 0.2) is 0 Å². The van der Waals surface area contributed by atoms with Crippen LogP contribution in [-0.2, 0) is 0 Å². The standard InChI is InChI=1S/C30H30BrClN6O4/c1-35(2)20-14-36(15-20)27-8-7-18(13-34-27)38-16-22(30(40)41)28(39)21-11-23(31)26(12-25(21)38)37-10-4-5-19(37)17-42-29-24(32)6-3-9-33-29/h3,6-9,11-13,16,19-20H,4-5,10,14-15,17H2,1-2H3,(H,40,41)/t19-/m1/s1. The summed E-state index contributed by atoms with van der Waals surface area (Å²) >= 11 is 9.91. The molecule has 0 bridgehead atoms. The number of fused-ring (bicyclic) bond motifs is 1. The van der Waals surface area contributed by atoms with Gasteiger partial charge in [0, 0.05) is 47.9 Å². The van der Waals surface area contributed by atoms with Crippen LogP contribution in [0.3, 0.4) is 0 Å². The Kier molecular flexibility index (Phi) is 7.82. The van der Waals surface area contributed by atoms with Crippen molar-refractivity contribution in [2.75, 3.05) is 50.1 Å². The monoisotopic (exact) mass is 652 g/mol. The Morgan fingerprint density at radius 1 is 1.21 bits per heavy atom. The van der Waals surface area contributed by atoms with Crippen LogP contribution in [0.1, 0.15) is 23.2 Å². The molecule has 218 valence electrons. The average molecular weight is 654 g/mol. The SMILES string of the molecule is CN(C)C1CN(c2ccc(-n3cc(C(=O)O)c(=O)c4cc(Br)c(N5CCC[C@@H]5COc5ncccc5Cl)cc43)cn2)C1. The quantitative estimate of drug-likeness (QED) is 0.290. The van der Waals surface area contributed by atoms with E-state index >= 15 is 0 Å². The Hall–Kier alpha value is -3.67. The van der Waals surface area contributed by atoms with E-state index in [0.717, 1.165) is 44.0 Å². The summed E-state index contributed by atoms with van der Waals surface area (Å²) in [6.07, 6.45) is 6.63. The zero-order valence-electron chi connectivity index (χ0n) is 23.2. The Labute approximate surface area is 256 Å². The number of hydrogen-bond acceptors (Lipinski definition) is 8. The molecule has 0 aliphatic carbocycles. The number of carbonyl (C=O) groups is 1. The number of likely N-dealkylation sites (N-methyl/N-ethyl adjacent to an activating group) is 1. The largest absolute Gasteiger partial charge is 0.477 e. The van der Waals surface area contributed by atoms with Crippen LogP contribution in [0.15, 0.2) is 64.3 Å². The predicted molar refractivity (Wildman–Crippen MR) is 167 cm³/mol. The molecule has 1 aromatic carbocycles. The van der Waals surface area contributed by atoms with Crippen LogP contribution in [0.4, 0.5) is 11.5 Å². The maximum Gasteiger partial charge on any atom is 0.341 e. The van der Waals surface area contributed by atoms with Gasteiger partial charge in [-0.1, -0.05) is 11.6 Å². The number of anilines is 2. The van der Waals surface area contributed by atoms with Crippen LogP contribution >= 0.6 is 27.5 Å². The lowest BCUT2D eigenvalue weighted by Crippen LogP contribution is -2.57. The zero-order valence-corrected chi connectivity index (χ0v) is 25.5. The fraction of sp³-hybridized carbons (Fsp3) is 0.333. The van der Waals surface area contributed by atoms with E-state index in [0.29, 0.717) is 44.6 Å². The topological polar surface area (TPSA) is 104 Å². The molecule has 2 aliphatic heterocycles. The smallest absolute Gasteiger partial charge is 0.341 e. The molecule has 0 unspecified atom stereocenters. The first-order valence-corrected chi connectivity index (χ1v) is 14.9. The van der Waals surface area contributed by atoms with Gasteiger partial charge in [0.25, 0.3) is 0 Å². The normalized spacial score (nSPS) is 17.2. The number of carboxylic acid groups (broad SMARTS) is 1. The highest BCUT2D eigenvalue weighted by Gasteiger charge is 2.30. The number of hydrogen-bond donors (Lipinski definition) is 1. The van der Waals surface area contributed by atoms with Gasteiger partial charge in [0.05, 0.1) is 29.1 Å². The second-order valence-electron chi connectivity index (χ2n) is 10.9. The van der Waals surface area contributed by atoms with Gasteiger partial charge < -0.3 is 29.1 Å². The van der Waals surface area contributed by atoms with Crippen molar-refractivity contribution < 1.29 is 14.6 Å². The number of ether oxygens (including phenoxy) is 1. The highest BCUT2D eigenvalue weighted by Crippen LogP contribution is 2.36. The van der Waals surface area contributed by atoms with Gasteiger partial charge in [-0.2, -0.15) is 0 Å². The number of carboxylic acids is 1. The van der Waals surface area contributed by atoms with Crippen LogP contribution in [0, 0.1) is 0 Å². The summed E-state index contributed by atoms with van der Waals surface area (Å²) in [5.41, 5.74) is 1.30. The molecule has 2 fully saturated rings. The second kappa shape index (κ2) is 11.5. The number of halogens is 2. The third kappa shape index (κ3) is 5.32. The molecule has 12 heteroatoms. The van der Waals surface area contributed by atoms with Crippen LogP contribution < -0.4 is 20.0 Å². The summed E-state index contributed by atoms with van der Waals surface area (Å²) in [5.74, 6) is -0.0253. The molecule has 0 amide bonds. The lowest BCUT2D eigenvalue weighted by molar-refractivity contribution is 0.0695. The van der Waals surface area contributed by atoms with E-state index in [1.165, 1.54) is 6.20 Å². The van der Waals surface area contributed by atoms with E-state index in [9.17, 15) is 14.7 Å². The van der Waals surface area contributed by atoms with Crippen molar-refractivity contribution >= 4 is 55.9 Å². The van der Waals surface area contributed by atoms with Gasteiger partial charge in [0.1, 0.15) is 23.0 Å². The molecule has 10 nitrogen and oxygen atoms in total. The minimum atomic E-state index is -1.28. The first-order chi connectivity index (χ1) is 20.2. The minimum Gasteiger partial charge on any atom is -0.477 e. The van der Waals surface area contributed by atoms with E-state index in [2.05, 4.69) is 54.7 Å². The molecule has 4 aromatic rings. The van der Waals surface area contributed by atoms with E-state index < -0.39 is 11.4 Å². The maximum atomic E-state index is 13.3. The van der Waals surface area contributed by atoms with Crippen LogP contribution in [0.2, 0.25) is 5.02 Å². The second-order valence-corrected chi connectivity index (χ2v) is 12.1. The molecule has 2 aliphatic rings. The van der Waals surface area contributed by atoms with Crippen molar-refractivity contribution in [2.24, 2.45) is 0 Å². The molecule has 1 N–H and O–H groups in total. The third-order valence-electron chi connectivity index (χ3n) is 8.05. The molecule has 0 saturated carbocycles. The Morgan fingerprint density at radius 2 is 2.02 bits per heavy atom. The Balaban J connectivity index is 1.36. The van der Waals surface area contributed by atoms with Gasteiger partial charge in [-0.15, -0.1) is 0 Å². The summed E-state index contributed by atoms with van der Waals surface area (Å²) in [6.45, 7) is 2.98. The average Bonchev–Trinajstić information content (AvgIpc) is 3.40. The lowest BCUT2D eigenvalue weighted by Gasteiger charge is -2.43. The number of pyridine rings is 3. The van der Waals surface area contributed by atoms with Gasteiger partial charge in [-0.25, -0.2) is 14.8 Å².